The molecule has 3 rings (SSSR count). The Morgan fingerprint density at radius 2 is 1.89 bits per heavy atom. The van der Waals surface area contributed by atoms with Gasteiger partial charge < -0.3 is 9.64 Å². The lowest BCUT2D eigenvalue weighted by atomic mass is 9.93. The fourth-order valence-corrected chi connectivity index (χ4v) is 3.46. The van der Waals surface area contributed by atoms with Gasteiger partial charge in [-0.25, -0.2) is 0 Å². The molecule has 102 valence electrons. The van der Waals surface area contributed by atoms with Gasteiger partial charge in [0.1, 0.15) is 0 Å². The number of rotatable bonds is 1. The van der Waals surface area contributed by atoms with Gasteiger partial charge in [0.05, 0.1) is 35.9 Å². The van der Waals surface area contributed by atoms with E-state index in [1.54, 1.807) is 18.2 Å². The summed E-state index contributed by atoms with van der Waals surface area (Å²) >= 11 is 12.0. The lowest BCUT2D eigenvalue weighted by Crippen LogP contribution is -2.57. The molecule has 0 radical (unpaired) electrons. The quantitative estimate of drug-likeness (QED) is 0.795. The van der Waals surface area contributed by atoms with Gasteiger partial charge in [-0.05, 0) is 37.5 Å². The van der Waals surface area contributed by atoms with Crippen molar-refractivity contribution in [1.29, 1.82) is 0 Å². The topological polar surface area (TPSA) is 29.5 Å². The van der Waals surface area contributed by atoms with Crippen LogP contribution in [0, 0.1) is 0 Å². The van der Waals surface area contributed by atoms with Crippen molar-refractivity contribution in [3.05, 3.63) is 33.8 Å². The van der Waals surface area contributed by atoms with E-state index in [0.717, 1.165) is 19.3 Å². The van der Waals surface area contributed by atoms with E-state index >= 15 is 0 Å². The molecule has 0 spiro atoms. The Morgan fingerprint density at radius 1 is 1.21 bits per heavy atom. The molecular weight excluding hydrogens is 285 g/mol. The van der Waals surface area contributed by atoms with Crippen LogP contribution in [0.15, 0.2) is 18.2 Å². The highest BCUT2D eigenvalue weighted by atomic mass is 35.5. The lowest BCUT2D eigenvalue weighted by Gasteiger charge is -2.45. The van der Waals surface area contributed by atoms with Gasteiger partial charge in [0.2, 0.25) is 0 Å². The van der Waals surface area contributed by atoms with E-state index in [4.69, 9.17) is 27.9 Å². The molecule has 1 aromatic rings. The first kappa shape index (κ1) is 13.2. The van der Waals surface area contributed by atoms with Crippen LogP contribution < -0.4 is 0 Å². The minimum absolute atomic E-state index is 0.000309. The second-order valence-electron chi connectivity index (χ2n) is 5.11. The number of hydrogen-bond donors (Lipinski definition) is 0. The fraction of sp³-hybridized carbons (Fsp3) is 0.500. The van der Waals surface area contributed by atoms with Crippen molar-refractivity contribution in [3.8, 4) is 0 Å². The number of carbonyl (C=O) groups is 1. The zero-order chi connectivity index (χ0) is 13.4. The zero-order valence-electron chi connectivity index (χ0n) is 10.4. The third kappa shape index (κ3) is 2.47. The van der Waals surface area contributed by atoms with E-state index in [0.29, 0.717) is 28.8 Å². The molecule has 5 heteroatoms. The van der Waals surface area contributed by atoms with Gasteiger partial charge in [-0.1, -0.05) is 23.2 Å². The third-order valence-corrected chi connectivity index (χ3v) is 4.43. The highest BCUT2D eigenvalue weighted by Gasteiger charge is 2.38. The monoisotopic (exact) mass is 299 g/mol. The van der Waals surface area contributed by atoms with Crippen LogP contribution in [0.3, 0.4) is 0 Å². The van der Waals surface area contributed by atoms with Crippen molar-refractivity contribution in [3.63, 3.8) is 0 Å². The normalized spacial score (nSPS) is 26.3. The first-order valence-corrected chi connectivity index (χ1v) is 7.28. The number of carbonyl (C=O) groups excluding carboxylic acids is 1. The molecule has 2 bridgehead atoms. The summed E-state index contributed by atoms with van der Waals surface area (Å²) in [6.45, 7) is 1.26. The number of ether oxygens (including phenoxy) is 1. The Kier molecular flexibility index (Phi) is 3.70. The van der Waals surface area contributed by atoms with Crippen LogP contribution in [-0.2, 0) is 4.74 Å². The van der Waals surface area contributed by atoms with Crippen molar-refractivity contribution in [2.75, 3.05) is 13.2 Å². The average molecular weight is 300 g/mol. The number of halogens is 2. The van der Waals surface area contributed by atoms with Crippen LogP contribution in [0.4, 0.5) is 0 Å². The summed E-state index contributed by atoms with van der Waals surface area (Å²) in [6, 6.07) is 5.40. The van der Waals surface area contributed by atoms with Crippen LogP contribution in [-0.4, -0.2) is 36.1 Å². The molecule has 1 aromatic carbocycles. The number of nitrogens with zero attached hydrogens (tertiary/aromatic N) is 1. The van der Waals surface area contributed by atoms with Crippen molar-refractivity contribution in [2.45, 2.75) is 31.3 Å². The molecule has 2 heterocycles. The molecule has 2 saturated heterocycles. The number of benzene rings is 1. The van der Waals surface area contributed by atoms with Gasteiger partial charge in [0, 0.05) is 5.02 Å². The van der Waals surface area contributed by atoms with Gasteiger partial charge in [0.15, 0.2) is 0 Å². The summed E-state index contributed by atoms with van der Waals surface area (Å²) in [7, 11) is 0. The minimum Gasteiger partial charge on any atom is -0.377 e. The summed E-state index contributed by atoms with van der Waals surface area (Å²) in [5.41, 5.74) is 0.532. The van der Waals surface area contributed by atoms with Crippen LogP contribution in [0.25, 0.3) is 0 Å². The summed E-state index contributed by atoms with van der Waals surface area (Å²) in [5, 5.41) is 0.964. The SMILES string of the molecule is O=C(c1ccc(Cl)cc1Cl)N1C2CCCC1COC2. The van der Waals surface area contributed by atoms with E-state index in [1.165, 1.54) is 0 Å². The molecule has 2 unspecified atom stereocenters. The smallest absolute Gasteiger partial charge is 0.256 e. The van der Waals surface area contributed by atoms with Crippen LogP contribution in [0.5, 0.6) is 0 Å². The Hall–Kier alpha value is -0.770. The largest absolute Gasteiger partial charge is 0.377 e. The van der Waals surface area contributed by atoms with Gasteiger partial charge in [-0.3, -0.25) is 4.79 Å². The van der Waals surface area contributed by atoms with Gasteiger partial charge in [-0.15, -0.1) is 0 Å². The summed E-state index contributed by atoms with van der Waals surface area (Å²) < 4.78 is 5.55. The number of morpholine rings is 1. The Morgan fingerprint density at radius 3 is 2.53 bits per heavy atom. The maximum absolute atomic E-state index is 12.7. The first-order valence-electron chi connectivity index (χ1n) is 6.52. The third-order valence-electron chi connectivity index (χ3n) is 3.88. The predicted molar refractivity (Wildman–Crippen MR) is 74.9 cm³/mol. The second kappa shape index (κ2) is 5.31. The van der Waals surface area contributed by atoms with E-state index in [1.807, 2.05) is 4.90 Å². The molecule has 0 N–H and O–H groups in total. The molecular formula is C14H15Cl2NO2. The zero-order valence-corrected chi connectivity index (χ0v) is 12.0. The molecule has 1 amide bonds. The van der Waals surface area contributed by atoms with E-state index in [2.05, 4.69) is 0 Å². The summed E-state index contributed by atoms with van der Waals surface area (Å²) in [5.74, 6) is -0.000309. The summed E-state index contributed by atoms with van der Waals surface area (Å²) in [4.78, 5) is 14.6. The average Bonchev–Trinajstić information content (AvgIpc) is 2.37. The molecule has 2 atom stereocenters. The number of amides is 1. The van der Waals surface area contributed by atoms with Gasteiger partial charge in [-0.2, -0.15) is 0 Å². The number of hydrogen-bond acceptors (Lipinski definition) is 2. The van der Waals surface area contributed by atoms with Crippen molar-refractivity contribution < 1.29 is 9.53 Å². The van der Waals surface area contributed by atoms with E-state index in [-0.39, 0.29) is 18.0 Å². The van der Waals surface area contributed by atoms with Crippen molar-refractivity contribution in [1.82, 2.24) is 4.90 Å². The Labute approximate surface area is 122 Å². The van der Waals surface area contributed by atoms with Crippen molar-refractivity contribution >= 4 is 29.1 Å². The van der Waals surface area contributed by atoms with Crippen LogP contribution >= 0.6 is 23.2 Å². The maximum Gasteiger partial charge on any atom is 0.256 e. The Bertz CT molecular complexity index is 484. The Balaban J connectivity index is 1.90. The molecule has 0 aliphatic carbocycles. The fourth-order valence-electron chi connectivity index (χ4n) is 2.97. The summed E-state index contributed by atoms with van der Waals surface area (Å²) in [6.07, 6.45) is 3.18. The number of piperidine rings is 1. The molecule has 2 aliphatic rings. The standard InChI is InChI=1S/C14H15Cl2NO2/c15-9-4-5-12(13(16)6-9)14(18)17-10-2-1-3-11(17)8-19-7-10/h4-6,10-11H,1-3,7-8H2. The molecule has 3 nitrogen and oxygen atoms in total. The maximum atomic E-state index is 12.7. The van der Waals surface area contributed by atoms with E-state index < -0.39 is 0 Å². The molecule has 0 saturated carbocycles. The predicted octanol–water partition coefficient (Wildman–Crippen LogP) is 3.39. The van der Waals surface area contributed by atoms with Crippen LogP contribution in [0.2, 0.25) is 10.0 Å². The number of fused-ring (bicyclic) bond motifs is 2. The second-order valence-corrected chi connectivity index (χ2v) is 5.96. The molecule has 2 aliphatic heterocycles. The highest BCUT2D eigenvalue weighted by Crippen LogP contribution is 2.31. The van der Waals surface area contributed by atoms with E-state index in [9.17, 15) is 4.79 Å². The molecule has 2 fully saturated rings. The van der Waals surface area contributed by atoms with Crippen LogP contribution in [0.1, 0.15) is 29.6 Å². The highest BCUT2D eigenvalue weighted by molar-refractivity contribution is 6.36. The molecule has 19 heavy (non-hydrogen) atoms. The van der Waals surface area contributed by atoms with Gasteiger partial charge in [0.25, 0.3) is 5.91 Å². The first-order chi connectivity index (χ1) is 9.16. The molecule has 0 aromatic heterocycles. The van der Waals surface area contributed by atoms with Crippen molar-refractivity contribution in [2.24, 2.45) is 0 Å². The lowest BCUT2D eigenvalue weighted by molar-refractivity contribution is -0.0565. The minimum atomic E-state index is -0.000309. The van der Waals surface area contributed by atoms with Gasteiger partial charge >= 0.3 is 0 Å².